The van der Waals surface area contributed by atoms with Crippen molar-refractivity contribution in [1.29, 1.82) is 0 Å². The summed E-state index contributed by atoms with van der Waals surface area (Å²) in [6.45, 7) is 0. The third kappa shape index (κ3) is 2.03. The molecule has 0 aliphatic heterocycles. The number of halogens is 1. The first-order valence-corrected chi connectivity index (χ1v) is 5.25. The van der Waals surface area contributed by atoms with Gasteiger partial charge in [0, 0.05) is 11.5 Å². The van der Waals surface area contributed by atoms with Gasteiger partial charge in [-0.25, -0.2) is 4.98 Å². The van der Waals surface area contributed by atoms with Crippen LogP contribution in [0, 0.1) is 0 Å². The monoisotopic (exact) mass is 251 g/mol. The Morgan fingerprint density at radius 2 is 2.00 bits per heavy atom. The van der Waals surface area contributed by atoms with Gasteiger partial charge in [0.15, 0.2) is 6.29 Å². The van der Waals surface area contributed by atoms with Gasteiger partial charge in [0.1, 0.15) is 22.2 Å². The number of methoxy groups -OCH3 is 2. The van der Waals surface area contributed by atoms with E-state index in [9.17, 15) is 4.79 Å². The predicted molar refractivity (Wildman–Crippen MR) is 65.2 cm³/mol. The fourth-order valence-corrected chi connectivity index (χ4v) is 1.76. The summed E-state index contributed by atoms with van der Waals surface area (Å²) in [4.78, 5) is 14.9. The highest BCUT2D eigenvalue weighted by Gasteiger charge is 2.10. The molecule has 4 nitrogen and oxygen atoms in total. The van der Waals surface area contributed by atoms with E-state index in [2.05, 4.69) is 4.98 Å². The summed E-state index contributed by atoms with van der Waals surface area (Å²) >= 11 is 5.88. The summed E-state index contributed by atoms with van der Waals surface area (Å²) in [5.74, 6) is 1.19. The summed E-state index contributed by atoms with van der Waals surface area (Å²) in [7, 11) is 3.10. The Kier molecular flexibility index (Phi) is 3.15. The van der Waals surface area contributed by atoms with E-state index in [-0.39, 0.29) is 5.15 Å². The second kappa shape index (κ2) is 4.59. The first-order valence-electron chi connectivity index (χ1n) is 4.87. The molecule has 0 aliphatic rings. The molecule has 2 aromatic rings. The van der Waals surface area contributed by atoms with Crippen LogP contribution in [0.1, 0.15) is 10.4 Å². The number of hydrogen-bond acceptors (Lipinski definition) is 4. The average Bonchev–Trinajstić information content (AvgIpc) is 2.36. The van der Waals surface area contributed by atoms with Crippen molar-refractivity contribution in [2.45, 2.75) is 0 Å². The maximum atomic E-state index is 10.8. The van der Waals surface area contributed by atoms with Crippen LogP contribution in [0.4, 0.5) is 0 Å². The molecule has 0 spiro atoms. The van der Waals surface area contributed by atoms with Crippen LogP contribution < -0.4 is 9.47 Å². The summed E-state index contributed by atoms with van der Waals surface area (Å²) in [6.07, 6.45) is 0.667. The molecule has 0 unspecified atom stereocenters. The highest BCUT2D eigenvalue weighted by Crippen LogP contribution is 2.31. The van der Waals surface area contributed by atoms with Gasteiger partial charge in [-0.2, -0.15) is 0 Å². The first-order chi connectivity index (χ1) is 8.19. The van der Waals surface area contributed by atoms with E-state index in [1.54, 1.807) is 25.3 Å². The molecule has 5 heteroatoms. The zero-order valence-corrected chi connectivity index (χ0v) is 10.1. The fourth-order valence-electron chi connectivity index (χ4n) is 1.58. The Hall–Kier alpha value is -1.81. The number of nitrogens with zero attached hydrogens (tertiary/aromatic N) is 1. The number of ether oxygens (including phenoxy) is 2. The van der Waals surface area contributed by atoms with Gasteiger partial charge in [-0.15, -0.1) is 0 Å². The summed E-state index contributed by atoms with van der Waals surface area (Å²) < 4.78 is 10.3. The Bertz CT molecular complexity index is 583. The second-order valence-corrected chi connectivity index (χ2v) is 3.75. The van der Waals surface area contributed by atoms with Crippen LogP contribution in [0.3, 0.4) is 0 Å². The quantitative estimate of drug-likeness (QED) is 0.622. The van der Waals surface area contributed by atoms with Crippen molar-refractivity contribution in [1.82, 2.24) is 4.98 Å². The molecule has 17 heavy (non-hydrogen) atoms. The molecule has 0 atom stereocenters. The van der Waals surface area contributed by atoms with Crippen molar-refractivity contribution in [3.8, 4) is 11.5 Å². The van der Waals surface area contributed by atoms with Gasteiger partial charge >= 0.3 is 0 Å². The normalized spacial score (nSPS) is 10.3. The number of carbonyl (C=O) groups excluding carboxylic acids is 1. The van der Waals surface area contributed by atoms with Gasteiger partial charge in [0.05, 0.1) is 19.8 Å². The number of rotatable bonds is 3. The van der Waals surface area contributed by atoms with E-state index in [0.29, 0.717) is 28.9 Å². The topological polar surface area (TPSA) is 48.4 Å². The van der Waals surface area contributed by atoms with Gasteiger partial charge in [-0.1, -0.05) is 11.6 Å². The summed E-state index contributed by atoms with van der Waals surface area (Å²) in [5.41, 5.74) is 0.943. The van der Waals surface area contributed by atoms with Crippen molar-refractivity contribution in [2.75, 3.05) is 14.2 Å². The van der Waals surface area contributed by atoms with Gasteiger partial charge in [0.25, 0.3) is 0 Å². The van der Waals surface area contributed by atoms with Gasteiger partial charge < -0.3 is 9.47 Å². The van der Waals surface area contributed by atoms with E-state index in [4.69, 9.17) is 21.1 Å². The summed E-state index contributed by atoms with van der Waals surface area (Å²) in [6, 6.07) is 5.14. The lowest BCUT2D eigenvalue weighted by Gasteiger charge is -2.09. The van der Waals surface area contributed by atoms with Crippen molar-refractivity contribution in [3.05, 3.63) is 28.9 Å². The van der Waals surface area contributed by atoms with Crippen molar-refractivity contribution < 1.29 is 14.3 Å². The fraction of sp³-hybridized carbons (Fsp3) is 0.167. The maximum absolute atomic E-state index is 10.8. The SMILES string of the molecule is COc1cc(OC)c2nc(Cl)c(C=O)cc2c1. The lowest BCUT2D eigenvalue weighted by atomic mass is 10.1. The predicted octanol–water partition coefficient (Wildman–Crippen LogP) is 2.72. The molecule has 0 radical (unpaired) electrons. The van der Waals surface area contributed by atoms with Crippen LogP contribution in [0.15, 0.2) is 18.2 Å². The Morgan fingerprint density at radius 1 is 1.24 bits per heavy atom. The Labute approximate surface area is 103 Å². The minimum absolute atomic E-state index is 0.163. The minimum atomic E-state index is 0.163. The number of aldehydes is 1. The number of fused-ring (bicyclic) bond motifs is 1. The highest BCUT2D eigenvalue weighted by molar-refractivity contribution is 6.32. The van der Waals surface area contributed by atoms with E-state index in [1.807, 2.05) is 0 Å². The molecule has 0 N–H and O–H groups in total. The smallest absolute Gasteiger partial charge is 0.153 e. The average molecular weight is 252 g/mol. The molecular weight excluding hydrogens is 242 g/mol. The number of hydrogen-bond donors (Lipinski definition) is 0. The van der Waals surface area contributed by atoms with Crippen molar-refractivity contribution in [3.63, 3.8) is 0 Å². The zero-order chi connectivity index (χ0) is 12.4. The first kappa shape index (κ1) is 11.7. The van der Waals surface area contributed by atoms with Crippen LogP contribution in [0.25, 0.3) is 10.9 Å². The number of benzene rings is 1. The molecule has 1 heterocycles. The second-order valence-electron chi connectivity index (χ2n) is 3.39. The Morgan fingerprint density at radius 3 is 2.59 bits per heavy atom. The molecule has 1 aromatic heterocycles. The van der Waals surface area contributed by atoms with Gasteiger partial charge in [-0.3, -0.25) is 4.79 Å². The number of pyridine rings is 1. The van der Waals surface area contributed by atoms with Gasteiger partial charge in [-0.05, 0) is 12.1 Å². The zero-order valence-electron chi connectivity index (χ0n) is 9.36. The molecule has 2 rings (SSSR count). The molecule has 0 fully saturated rings. The molecular formula is C12H10ClNO3. The number of carbonyl (C=O) groups is 1. The third-order valence-corrected chi connectivity index (χ3v) is 2.72. The molecule has 88 valence electrons. The van der Waals surface area contributed by atoms with E-state index in [1.165, 1.54) is 7.11 Å². The molecule has 1 aromatic carbocycles. The molecule has 0 amide bonds. The minimum Gasteiger partial charge on any atom is -0.497 e. The van der Waals surface area contributed by atoms with E-state index in [0.717, 1.165) is 5.39 Å². The largest absolute Gasteiger partial charge is 0.497 e. The van der Waals surface area contributed by atoms with Crippen molar-refractivity contribution >= 4 is 28.8 Å². The number of aromatic nitrogens is 1. The van der Waals surface area contributed by atoms with Crippen LogP contribution in [0.2, 0.25) is 5.15 Å². The summed E-state index contributed by atoms with van der Waals surface area (Å²) in [5, 5.41) is 0.906. The molecule has 0 bridgehead atoms. The van der Waals surface area contributed by atoms with Crippen molar-refractivity contribution in [2.24, 2.45) is 0 Å². The lowest BCUT2D eigenvalue weighted by Crippen LogP contribution is -1.93. The third-order valence-electron chi connectivity index (χ3n) is 2.42. The van der Waals surface area contributed by atoms with Crippen LogP contribution >= 0.6 is 11.6 Å². The van der Waals surface area contributed by atoms with E-state index >= 15 is 0 Å². The van der Waals surface area contributed by atoms with Gasteiger partial charge in [0.2, 0.25) is 0 Å². The van der Waals surface area contributed by atoms with Crippen LogP contribution in [-0.4, -0.2) is 25.5 Å². The standard InChI is InChI=1S/C12H10ClNO3/c1-16-9-4-7-3-8(6-15)12(13)14-11(7)10(5-9)17-2/h3-6H,1-2H3. The lowest BCUT2D eigenvalue weighted by molar-refractivity contribution is 0.112. The van der Waals surface area contributed by atoms with Crippen LogP contribution in [0.5, 0.6) is 11.5 Å². The Balaban J connectivity index is 2.79. The molecule has 0 saturated heterocycles. The van der Waals surface area contributed by atoms with E-state index < -0.39 is 0 Å². The van der Waals surface area contributed by atoms with Crippen LogP contribution in [-0.2, 0) is 0 Å². The highest BCUT2D eigenvalue weighted by atomic mass is 35.5. The molecule has 0 saturated carbocycles. The molecule has 0 aliphatic carbocycles. The maximum Gasteiger partial charge on any atom is 0.153 e.